The third-order valence-corrected chi connectivity index (χ3v) is 3.13. The summed E-state index contributed by atoms with van der Waals surface area (Å²) in [6.45, 7) is 5.75. The first-order chi connectivity index (χ1) is 10.5. The second-order valence-corrected chi connectivity index (χ2v) is 4.63. The minimum Gasteiger partial charge on any atom is -0.481 e. The number of carboxylic acid groups (broad SMARTS) is 2. The summed E-state index contributed by atoms with van der Waals surface area (Å²) in [6, 6.07) is 7.04. The van der Waals surface area contributed by atoms with Gasteiger partial charge in [0.2, 0.25) is 0 Å². The Morgan fingerprint density at radius 2 is 1.82 bits per heavy atom. The number of nitrogens with zero attached hydrogens (tertiary/aromatic N) is 1. The van der Waals surface area contributed by atoms with Gasteiger partial charge in [0, 0.05) is 24.5 Å². The SMILES string of the molecule is CC.Cc1ccc(-n2ccc(CCC(=O)O)c2)cc1C(=O)O. The molecule has 22 heavy (non-hydrogen) atoms. The van der Waals surface area contributed by atoms with Gasteiger partial charge in [-0.3, -0.25) is 4.79 Å². The molecule has 0 saturated heterocycles. The molecule has 0 bridgehead atoms. The van der Waals surface area contributed by atoms with Crippen molar-refractivity contribution in [2.45, 2.75) is 33.6 Å². The number of aromatic carboxylic acids is 1. The molecule has 0 atom stereocenters. The number of hydrogen-bond donors (Lipinski definition) is 2. The molecule has 1 aromatic carbocycles. The lowest BCUT2D eigenvalue weighted by molar-refractivity contribution is -0.136. The lowest BCUT2D eigenvalue weighted by atomic mass is 10.1. The standard InChI is InChI=1S/C15H15NO4.C2H6/c1-10-2-4-12(8-13(10)15(19)20)16-7-6-11(9-16)3-5-14(17)18;1-2/h2,4,6-9H,3,5H2,1H3,(H,17,18)(H,19,20);1-2H3. The normalized spacial score (nSPS) is 9.77. The van der Waals surface area contributed by atoms with E-state index in [1.54, 1.807) is 29.8 Å². The predicted molar refractivity (Wildman–Crippen MR) is 84.8 cm³/mol. The molecule has 0 unspecified atom stereocenters. The van der Waals surface area contributed by atoms with Gasteiger partial charge < -0.3 is 14.8 Å². The molecule has 0 aliphatic heterocycles. The monoisotopic (exact) mass is 303 g/mol. The van der Waals surface area contributed by atoms with Crippen molar-refractivity contribution in [3.63, 3.8) is 0 Å². The zero-order valence-electron chi connectivity index (χ0n) is 13.0. The average Bonchev–Trinajstić information content (AvgIpc) is 2.96. The molecule has 0 amide bonds. The van der Waals surface area contributed by atoms with Crippen LogP contribution in [-0.4, -0.2) is 26.7 Å². The highest BCUT2D eigenvalue weighted by molar-refractivity contribution is 5.90. The van der Waals surface area contributed by atoms with E-state index in [1.807, 2.05) is 32.2 Å². The molecular weight excluding hydrogens is 282 g/mol. The number of benzene rings is 1. The molecule has 118 valence electrons. The van der Waals surface area contributed by atoms with E-state index < -0.39 is 11.9 Å². The van der Waals surface area contributed by atoms with Crippen LogP contribution in [0.2, 0.25) is 0 Å². The van der Waals surface area contributed by atoms with Gasteiger partial charge >= 0.3 is 11.9 Å². The Hall–Kier alpha value is -2.56. The molecule has 2 aromatic rings. The van der Waals surface area contributed by atoms with Crippen LogP contribution in [0, 0.1) is 6.92 Å². The van der Waals surface area contributed by atoms with Gasteiger partial charge in [-0.05, 0) is 42.7 Å². The molecule has 0 fully saturated rings. The Bertz CT molecular complexity index is 658. The summed E-state index contributed by atoms with van der Waals surface area (Å²) in [5, 5.41) is 17.8. The molecule has 0 radical (unpaired) electrons. The number of rotatable bonds is 5. The number of carboxylic acids is 2. The summed E-state index contributed by atoms with van der Waals surface area (Å²) >= 11 is 0. The molecule has 5 nitrogen and oxygen atoms in total. The van der Waals surface area contributed by atoms with E-state index in [0.717, 1.165) is 11.3 Å². The van der Waals surface area contributed by atoms with E-state index >= 15 is 0 Å². The number of carbonyl (C=O) groups is 2. The molecule has 2 N–H and O–H groups in total. The zero-order chi connectivity index (χ0) is 16.7. The highest BCUT2D eigenvalue weighted by atomic mass is 16.4. The number of aryl methyl sites for hydroxylation is 2. The maximum absolute atomic E-state index is 11.1. The van der Waals surface area contributed by atoms with Gasteiger partial charge in [0.05, 0.1) is 5.56 Å². The predicted octanol–water partition coefficient (Wildman–Crippen LogP) is 3.53. The maximum Gasteiger partial charge on any atom is 0.336 e. The molecule has 0 spiro atoms. The second-order valence-electron chi connectivity index (χ2n) is 4.63. The third kappa shape index (κ3) is 4.48. The minimum atomic E-state index is -0.956. The van der Waals surface area contributed by atoms with Crippen LogP contribution < -0.4 is 0 Å². The van der Waals surface area contributed by atoms with Crippen LogP contribution in [0.1, 0.15) is 41.8 Å². The Balaban J connectivity index is 0.00000116. The van der Waals surface area contributed by atoms with Crippen molar-refractivity contribution in [1.82, 2.24) is 4.57 Å². The Labute approximate surface area is 129 Å². The Morgan fingerprint density at radius 1 is 1.14 bits per heavy atom. The fraction of sp³-hybridized carbons (Fsp3) is 0.294. The van der Waals surface area contributed by atoms with Gasteiger partial charge in [-0.2, -0.15) is 0 Å². The van der Waals surface area contributed by atoms with E-state index in [2.05, 4.69) is 0 Å². The smallest absolute Gasteiger partial charge is 0.336 e. The number of aliphatic carboxylic acids is 1. The van der Waals surface area contributed by atoms with Crippen LogP contribution in [0.5, 0.6) is 0 Å². The first-order valence-electron chi connectivity index (χ1n) is 7.20. The average molecular weight is 303 g/mol. The number of hydrogen-bond acceptors (Lipinski definition) is 2. The molecule has 5 heteroatoms. The summed E-state index contributed by atoms with van der Waals surface area (Å²) in [5.41, 5.74) is 2.63. The van der Waals surface area contributed by atoms with Crippen LogP contribution in [0.15, 0.2) is 36.7 Å². The van der Waals surface area contributed by atoms with E-state index in [0.29, 0.717) is 12.0 Å². The first-order valence-corrected chi connectivity index (χ1v) is 7.20. The van der Waals surface area contributed by atoms with Gasteiger partial charge in [0.25, 0.3) is 0 Å². The lowest BCUT2D eigenvalue weighted by Crippen LogP contribution is -2.02. The van der Waals surface area contributed by atoms with Gasteiger partial charge in [-0.25, -0.2) is 4.79 Å². The number of aromatic nitrogens is 1. The summed E-state index contributed by atoms with van der Waals surface area (Å²) in [7, 11) is 0. The van der Waals surface area contributed by atoms with Crippen LogP contribution in [0.25, 0.3) is 5.69 Å². The van der Waals surface area contributed by atoms with E-state index in [-0.39, 0.29) is 12.0 Å². The van der Waals surface area contributed by atoms with Gasteiger partial charge in [-0.15, -0.1) is 0 Å². The van der Waals surface area contributed by atoms with Crippen molar-refractivity contribution in [1.29, 1.82) is 0 Å². The molecule has 0 aliphatic rings. The molecule has 1 aromatic heterocycles. The fourth-order valence-electron chi connectivity index (χ4n) is 2.00. The van der Waals surface area contributed by atoms with E-state index in [4.69, 9.17) is 10.2 Å². The Morgan fingerprint density at radius 3 is 2.41 bits per heavy atom. The van der Waals surface area contributed by atoms with E-state index in [9.17, 15) is 9.59 Å². The van der Waals surface area contributed by atoms with Crippen molar-refractivity contribution < 1.29 is 19.8 Å². The van der Waals surface area contributed by atoms with Crippen molar-refractivity contribution in [3.8, 4) is 5.69 Å². The summed E-state index contributed by atoms with van der Waals surface area (Å²) in [4.78, 5) is 21.6. The first kappa shape index (κ1) is 17.5. The Kier molecular flexibility index (Phi) is 6.38. The van der Waals surface area contributed by atoms with Crippen LogP contribution in [-0.2, 0) is 11.2 Å². The van der Waals surface area contributed by atoms with Crippen molar-refractivity contribution in [2.75, 3.05) is 0 Å². The third-order valence-electron chi connectivity index (χ3n) is 3.13. The quantitative estimate of drug-likeness (QED) is 0.885. The van der Waals surface area contributed by atoms with Crippen LogP contribution in [0.4, 0.5) is 0 Å². The van der Waals surface area contributed by atoms with Gasteiger partial charge in [0.1, 0.15) is 0 Å². The van der Waals surface area contributed by atoms with Crippen molar-refractivity contribution in [3.05, 3.63) is 53.3 Å². The van der Waals surface area contributed by atoms with E-state index in [1.165, 1.54) is 0 Å². The highest BCUT2D eigenvalue weighted by Gasteiger charge is 2.09. The molecule has 2 rings (SSSR count). The minimum absolute atomic E-state index is 0.0816. The molecule has 0 saturated carbocycles. The topological polar surface area (TPSA) is 79.5 Å². The largest absolute Gasteiger partial charge is 0.481 e. The van der Waals surface area contributed by atoms with Gasteiger partial charge in [0.15, 0.2) is 0 Å². The highest BCUT2D eigenvalue weighted by Crippen LogP contribution is 2.17. The molecule has 0 aliphatic carbocycles. The van der Waals surface area contributed by atoms with Crippen LogP contribution >= 0.6 is 0 Å². The van der Waals surface area contributed by atoms with Crippen LogP contribution in [0.3, 0.4) is 0 Å². The summed E-state index contributed by atoms with van der Waals surface area (Å²) in [5.74, 6) is -1.79. The zero-order valence-corrected chi connectivity index (χ0v) is 13.0. The van der Waals surface area contributed by atoms with Gasteiger partial charge in [-0.1, -0.05) is 19.9 Å². The molecule has 1 heterocycles. The summed E-state index contributed by atoms with van der Waals surface area (Å²) in [6.07, 6.45) is 4.16. The maximum atomic E-state index is 11.1. The molecular formula is C17H21NO4. The lowest BCUT2D eigenvalue weighted by Gasteiger charge is -2.06. The van der Waals surface area contributed by atoms with Crippen molar-refractivity contribution in [2.24, 2.45) is 0 Å². The fourth-order valence-corrected chi connectivity index (χ4v) is 2.00. The second kappa shape index (κ2) is 8.02. The summed E-state index contributed by atoms with van der Waals surface area (Å²) < 4.78 is 1.79. The van der Waals surface area contributed by atoms with Crippen molar-refractivity contribution >= 4 is 11.9 Å².